The van der Waals surface area contributed by atoms with Crippen LogP contribution in [0.2, 0.25) is 0 Å². The van der Waals surface area contributed by atoms with Crippen LogP contribution in [0.3, 0.4) is 0 Å². The number of aryl methyl sites for hydroxylation is 1. The van der Waals surface area contributed by atoms with Gasteiger partial charge in [0.05, 0.1) is 10.2 Å². The van der Waals surface area contributed by atoms with Gasteiger partial charge in [0, 0.05) is 12.4 Å². The van der Waals surface area contributed by atoms with Crippen LogP contribution >= 0.6 is 15.9 Å². The molecule has 0 fully saturated rings. The summed E-state index contributed by atoms with van der Waals surface area (Å²) < 4.78 is 2.24. The van der Waals surface area contributed by atoms with Crippen LogP contribution < -0.4 is 0 Å². The Labute approximate surface area is 93.9 Å². The summed E-state index contributed by atoms with van der Waals surface area (Å²) in [7, 11) is 0. The highest BCUT2D eigenvalue weighted by Gasteiger charge is 2.18. The van der Waals surface area contributed by atoms with Crippen LogP contribution in [0, 0.1) is 0 Å². The standard InChI is InChI=1S/C9H8BrN3O2/c1-2-6-7(9(14)15)8-11-3-5(10)4-13(8)12-6/h3-4H,2H2,1H3,(H,14,15). The van der Waals surface area contributed by atoms with E-state index in [9.17, 15) is 4.79 Å². The van der Waals surface area contributed by atoms with Gasteiger partial charge in [-0.05, 0) is 22.4 Å². The molecule has 0 saturated heterocycles. The van der Waals surface area contributed by atoms with Crippen molar-refractivity contribution in [3.8, 4) is 0 Å². The highest BCUT2D eigenvalue weighted by molar-refractivity contribution is 9.10. The summed E-state index contributed by atoms with van der Waals surface area (Å²) >= 11 is 3.25. The monoisotopic (exact) mass is 269 g/mol. The van der Waals surface area contributed by atoms with Gasteiger partial charge in [-0.25, -0.2) is 14.3 Å². The van der Waals surface area contributed by atoms with Crippen molar-refractivity contribution in [1.29, 1.82) is 0 Å². The highest BCUT2D eigenvalue weighted by Crippen LogP contribution is 2.16. The van der Waals surface area contributed by atoms with Gasteiger partial charge in [-0.3, -0.25) is 0 Å². The number of hydrogen-bond donors (Lipinski definition) is 1. The van der Waals surface area contributed by atoms with Gasteiger partial charge in [-0.1, -0.05) is 6.92 Å². The van der Waals surface area contributed by atoms with Crippen LogP contribution in [0.15, 0.2) is 16.9 Å². The lowest BCUT2D eigenvalue weighted by atomic mass is 10.2. The van der Waals surface area contributed by atoms with E-state index in [2.05, 4.69) is 26.0 Å². The van der Waals surface area contributed by atoms with Gasteiger partial charge in [0.15, 0.2) is 5.65 Å². The molecule has 15 heavy (non-hydrogen) atoms. The van der Waals surface area contributed by atoms with Crippen molar-refractivity contribution in [2.45, 2.75) is 13.3 Å². The van der Waals surface area contributed by atoms with Gasteiger partial charge in [0.25, 0.3) is 0 Å². The second-order valence-corrected chi connectivity index (χ2v) is 3.94. The first-order chi connectivity index (χ1) is 7.13. The molecule has 0 saturated carbocycles. The third-order valence-electron chi connectivity index (χ3n) is 2.06. The molecule has 78 valence electrons. The number of hydrogen-bond acceptors (Lipinski definition) is 3. The maximum atomic E-state index is 11.0. The molecule has 5 nitrogen and oxygen atoms in total. The van der Waals surface area contributed by atoms with E-state index >= 15 is 0 Å². The third-order valence-corrected chi connectivity index (χ3v) is 2.47. The van der Waals surface area contributed by atoms with E-state index in [4.69, 9.17) is 5.11 Å². The lowest BCUT2D eigenvalue weighted by Gasteiger charge is -1.93. The van der Waals surface area contributed by atoms with Crippen molar-refractivity contribution in [2.75, 3.05) is 0 Å². The minimum absolute atomic E-state index is 0.185. The van der Waals surface area contributed by atoms with E-state index in [1.54, 1.807) is 12.4 Å². The first kappa shape index (κ1) is 10.1. The zero-order chi connectivity index (χ0) is 11.0. The molecule has 0 aromatic carbocycles. The summed E-state index contributed by atoms with van der Waals surface area (Å²) in [6, 6.07) is 0. The molecule has 2 aromatic heterocycles. The Kier molecular flexibility index (Phi) is 2.44. The fourth-order valence-electron chi connectivity index (χ4n) is 1.42. The Hall–Kier alpha value is -1.43. The zero-order valence-electron chi connectivity index (χ0n) is 7.94. The number of halogens is 1. The summed E-state index contributed by atoms with van der Waals surface area (Å²) in [5.74, 6) is -0.989. The van der Waals surface area contributed by atoms with Crippen LogP contribution in [0.25, 0.3) is 5.65 Å². The molecule has 0 radical (unpaired) electrons. The van der Waals surface area contributed by atoms with Crippen molar-refractivity contribution in [3.05, 3.63) is 28.1 Å². The van der Waals surface area contributed by atoms with Crippen molar-refractivity contribution in [1.82, 2.24) is 14.6 Å². The summed E-state index contributed by atoms with van der Waals surface area (Å²) in [6.07, 6.45) is 3.82. The summed E-state index contributed by atoms with van der Waals surface area (Å²) in [5.41, 5.74) is 1.11. The van der Waals surface area contributed by atoms with Gasteiger partial charge in [0.2, 0.25) is 0 Å². The largest absolute Gasteiger partial charge is 0.477 e. The Morgan fingerprint density at radius 2 is 2.40 bits per heavy atom. The fraction of sp³-hybridized carbons (Fsp3) is 0.222. The Bertz CT molecular complexity index is 535. The van der Waals surface area contributed by atoms with Crippen LogP contribution in [-0.2, 0) is 6.42 Å². The molecular weight excluding hydrogens is 262 g/mol. The number of nitrogens with zero attached hydrogens (tertiary/aromatic N) is 3. The first-order valence-electron chi connectivity index (χ1n) is 4.39. The quantitative estimate of drug-likeness (QED) is 0.902. The fourth-order valence-corrected chi connectivity index (χ4v) is 1.72. The summed E-state index contributed by atoms with van der Waals surface area (Å²) in [6.45, 7) is 1.86. The number of carbonyl (C=O) groups is 1. The van der Waals surface area contributed by atoms with Gasteiger partial charge in [0.1, 0.15) is 5.56 Å². The maximum absolute atomic E-state index is 11.0. The van der Waals surface area contributed by atoms with Gasteiger partial charge >= 0.3 is 5.97 Å². The zero-order valence-corrected chi connectivity index (χ0v) is 9.52. The molecule has 0 unspecified atom stereocenters. The lowest BCUT2D eigenvalue weighted by Crippen LogP contribution is -2.00. The summed E-state index contributed by atoms with van der Waals surface area (Å²) in [5, 5.41) is 13.2. The van der Waals surface area contributed by atoms with E-state index < -0.39 is 5.97 Å². The first-order valence-corrected chi connectivity index (χ1v) is 5.18. The average molecular weight is 270 g/mol. The number of fused-ring (bicyclic) bond motifs is 1. The van der Waals surface area contributed by atoms with Gasteiger partial charge in [-0.2, -0.15) is 5.10 Å². The minimum atomic E-state index is -0.989. The van der Waals surface area contributed by atoms with Crippen molar-refractivity contribution in [2.24, 2.45) is 0 Å². The Morgan fingerprint density at radius 1 is 1.67 bits per heavy atom. The average Bonchev–Trinajstić information content (AvgIpc) is 2.54. The molecule has 0 aliphatic heterocycles. The maximum Gasteiger partial charge on any atom is 0.341 e. The second-order valence-electron chi connectivity index (χ2n) is 3.02. The van der Waals surface area contributed by atoms with Crippen molar-refractivity contribution >= 4 is 27.5 Å². The van der Waals surface area contributed by atoms with E-state index in [1.165, 1.54) is 4.52 Å². The molecule has 1 N–H and O–H groups in total. The number of rotatable bonds is 2. The molecule has 2 rings (SSSR count). The molecule has 0 spiro atoms. The van der Waals surface area contributed by atoms with Crippen LogP contribution in [-0.4, -0.2) is 25.7 Å². The smallest absolute Gasteiger partial charge is 0.341 e. The molecule has 2 heterocycles. The predicted molar refractivity (Wildman–Crippen MR) is 57.0 cm³/mol. The molecule has 0 aliphatic carbocycles. The molecule has 2 aromatic rings. The molecule has 0 amide bonds. The topological polar surface area (TPSA) is 67.5 Å². The Balaban J connectivity index is 2.80. The number of aromatic carboxylic acids is 1. The van der Waals surface area contributed by atoms with Gasteiger partial charge < -0.3 is 5.11 Å². The third kappa shape index (κ3) is 1.61. The lowest BCUT2D eigenvalue weighted by molar-refractivity contribution is 0.0697. The molecule has 0 atom stereocenters. The minimum Gasteiger partial charge on any atom is -0.477 e. The molecular formula is C9H8BrN3O2. The van der Waals surface area contributed by atoms with E-state index in [0.29, 0.717) is 17.8 Å². The highest BCUT2D eigenvalue weighted by atomic mass is 79.9. The van der Waals surface area contributed by atoms with Gasteiger partial charge in [-0.15, -0.1) is 0 Å². The van der Waals surface area contributed by atoms with Crippen molar-refractivity contribution in [3.63, 3.8) is 0 Å². The molecule has 0 bridgehead atoms. The van der Waals surface area contributed by atoms with Crippen LogP contribution in [0.5, 0.6) is 0 Å². The number of aromatic nitrogens is 3. The molecule has 0 aliphatic rings. The number of carboxylic acid groups (broad SMARTS) is 1. The number of carboxylic acids is 1. The van der Waals surface area contributed by atoms with E-state index in [1.807, 2.05) is 6.92 Å². The van der Waals surface area contributed by atoms with E-state index in [-0.39, 0.29) is 5.56 Å². The SMILES string of the molecule is CCc1nn2cc(Br)cnc2c1C(=O)O. The predicted octanol–water partition coefficient (Wildman–Crippen LogP) is 1.75. The molecule has 6 heteroatoms. The van der Waals surface area contributed by atoms with Crippen LogP contribution in [0.4, 0.5) is 0 Å². The van der Waals surface area contributed by atoms with E-state index in [0.717, 1.165) is 4.47 Å². The summed E-state index contributed by atoms with van der Waals surface area (Å²) in [4.78, 5) is 15.1. The van der Waals surface area contributed by atoms with Crippen LogP contribution in [0.1, 0.15) is 23.0 Å². The second kappa shape index (κ2) is 3.62. The Morgan fingerprint density at radius 3 is 3.00 bits per heavy atom. The van der Waals surface area contributed by atoms with Crippen molar-refractivity contribution < 1.29 is 9.90 Å². The normalized spacial score (nSPS) is 10.8.